The summed E-state index contributed by atoms with van der Waals surface area (Å²) in [7, 11) is -2.39. The number of rotatable bonds is 4. The van der Waals surface area contributed by atoms with Crippen molar-refractivity contribution in [3.63, 3.8) is 0 Å². The van der Waals surface area contributed by atoms with E-state index in [9.17, 15) is 18.3 Å². The van der Waals surface area contributed by atoms with Crippen molar-refractivity contribution in [1.82, 2.24) is 18.6 Å². The van der Waals surface area contributed by atoms with Crippen LogP contribution in [0.5, 0.6) is 0 Å². The van der Waals surface area contributed by atoms with Crippen molar-refractivity contribution in [3.8, 4) is 0 Å². The number of nitrogens with one attached hydrogen (secondary N) is 1. The fourth-order valence-corrected chi connectivity index (χ4v) is 3.74. The first-order valence-corrected chi connectivity index (χ1v) is 7.63. The van der Waals surface area contributed by atoms with Crippen LogP contribution >= 0.6 is 0 Å². The molecular formula is C11H18N4O4S. The number of aliphatic carboxylic acids is 1. The van der Waals surface area contributed by atoms with Crippen LogP contribution in [0.25, 0.3) is 0 Å². The minimum Gasteiger partial charge on any atom is -0.480 e. The third-order valence-corrected chi connectivity index (χ3v) is 5.65. The molecule has 1 aliphatic heterocycles. The third kappa shape index (κ3) is 2.43. The third-order valence-electron chi connectivity index (χ3n) is 3.53. The van der Waals surface area contributed by atoms with Gasteiger partial charge in [-0.15, -0.1) is 0 Å². The molecule has 0 radical (unpaired) electrons. The summed E-state index contributed by atoms with van der Waals surface area (Å²) in [6.07, 6.45) is 1.52. The van der Waals surface area contributed by atoms with Gasteiger partial charge in [0.15, 0.2) is 0 Å². The van der Waals surface area contributed by atoms with E-state index in [1.807, 2.05) is 0 Å². The van der Waals surface area contributed by atoms with Gasteiger partial charge in [0.2, 0.25) is 0 Å². The number of nitrogens with zero attached hydrogens (tertiary/aromatic N) is 3. The van der Waals surface area contributed by atoms with Crippen molar-refractivity contribution in [2.75, 3.05) is 7.05 Å². The van der Waals surface area contributed by atoms with Gasteiger partial charge in [-0.25, -0.2) is 4.98 Å². The average Bonchev–Trinajstić information content (AvgIpc) is 2.83. The van der Waals surface area contributed by atoms with Gasteiger partial charge >= 0.3 is 5.97 Å². The maximum Gasteiger partial charge on any atom is 0.322 e. The highest BCUT2D eigenvalue weighted by atomic mass is 32.2. The second kappa shape index (κ2) is 5.15. The van der Waals surface area contributed by atoms with Gasteiger partial charge in [-0.1, -0.05) is 0 Å². The highest BCUT2D eigenvalue weighted by Gasteiger charge is 2.42. The molecule has 0 fully saturated rings. The molecule has 1 atom stereocenters. The van der Waals surface area contributed by atoms with Crippen molar-refractivity contribution in [3.05, 3.63) is 17.7 Å². The number of H-pyrrole nitrogens is 1. The van der Waals surface area contributed by atoms with Crippen molar-refractivity contribution < 1.29 is 18.3 Å². The van der Waals surface area contributed by atoms with E-state index in [1.54, 1.807) is 13.8 Å². The SMILES string of the molecule is CC(C)N(C)S(=O)(=O)N1Cc2[nH]cnc2CC1C(=O)O. The van der Waals surface area contributed by atoms with Crippen LogP contribution in [0, 0.1) is 0 Å². The van der Waals surface area contributed by atoms with Crippen LogP contribution in [0.1, 0.15) is 25.2 Å². The van der Waals surface area contributed by atoms with E-state index in [0.717, 1.165) is 4.31 Å². The van der Waals surface area contributed by atoms with E-state index in [1.165, 1.54) is 17.7 Å². The molecule has 1 aromatic rings. The van der Waals surface area contributed by atoms with E-state index in [2.05, 4.69) is 9.97 Å². The van der Waals surface area contributed by atoms with Gasteiger partial charge in [-0.05, 0) is 13.8 Å². The largest absolute Gasteiger partial charge is 0.480 e. The Balaban J connectivity index is 2.41. The number of aromatic nitrogens is 2. The topological polar surface area (TPSA) is 107 Å². The molecule has 20 heavy (non-hydrogen) atoms. The Morgan fingerprint density at radius 1 is 1.60 bits per heavy atom. The Kier molecular flexibility index (Phi) is 3.85. The van der Waals surface area contributed by atoms with Gasteiger partial charge in [0.05, 0.1) is 24.3 Å². The standard InChI is InChI=1S/C11H18N4O4S/c1-7(2)14(3)20(18,19)15-5-9-8(12-6-13-9)4-10(15)11(16)17/h6-7,10H,4-5H2,1-3H3,(H,12,13)(H,16,17). The van der Waals surface area contributed by atoms with E-state index >= 15 is 0 Å². The maximum atomic E-state index is 12.5. The number of hydrogen-bond acceptors (Lipinski definition) is 4. The molecule has 0 aromatic carbocycles. The van der Waals surface area contributed by atoms with Crippen molar-refractivity contribution >= 4 is 16.2 Å². The zero-order valence-corrected chi connectivity index (χ0v) is 12.4. The fourth-order valence-electron chi connectivity index (χ4n) is 2.10. The zero-order chi connectivity index (χ0) is 15.1. The monoisotopic (exact) mass is 302 g/mol. The predicted octanol–water partition coefficient (Wildman–Crippen LogP) is -0.194. The maximum absolute atomic E-state index is 12.5. The lowest BCUT2D eigenvalue weighted by Gasteiger charge is -2.35. The first kappa shape index (κ1) is 14.9. The van der Waals surface area contributed by atoms with Gasteiger partial charge in [-0.3, -0.25) is 4.79 Å². The van der Waals surface area contributed by atoms with Crippen LogP contribution in [0.15, 0.2) is 6.33 Å². The number of carbonyl (C=O) groups is 1. The summed E-state index contributed by atoms with van der Waals surface area (Å²) in [4.78, 5) is 18.3. The Hall–Kier alpha value is -1.45. The number of carboxylic acids is 1. The highest BCUT2D eigenvalue weighted by Crippen LogP contribution is 2.25. The molecule has 8 nitrogen and oxygen atoms in total. The second-order valence-electron chi connectivity index (χ2n) is 5.05. The molecule has 0 aliphatic carbocycles. The predicted molar refractivity (Wildman–Crippen MR) is 71.1 cm³/mol. The highest BCUT2D eigenvalue weighted by molar-refractivity contribution is 7.86. The molecule has 2 heterocycles. The van der Waals surface area contributed by atoms with Crippen LogP contribution < -0.4 is 0 Å². The first-order valence-electron chi connectivity index (χ1n) is 6.24. The van der Waals surface area contributed by atoms with E-state index in [-0.39, 0.29) is 19.0 Å². The lowest BCUT2D eigenvalue weighted by atomic mass is 10.1. The minimum absolute atomic E-state index is 0.00824. The lowest BCUT2D eigenvalue weighted by Crippen LogP contribution is -2.54. The molecule has 2 rings (SSSR count). The van der Waals surface area contributed by atoms with Gasteiger partial charge in [0.25, 0.3) is 10.2 Å². The Labute approximate surface area is 117 Å². The smallest absolute Gasteiger partial charge is 0.322 e. The van der Waals surface area contributed by atoms with Gasteiger partial charge in [0.1, 0.15) is 6.04 Å². The van der Waals surface area contributed by atoms with Crippen molar-refractivity contribution in [2.24, 2.45) is 0 Å². The summed E-state index contributed by atoms with van der Waals surface area (Å²) < 4.78 is 27.2. The van der Waals surface area contributed by atoms with Gasteiger partial charge in [0, 0.05) is 19.5 Å². The molecule has 0 amide bonds. The Morgan fingerprint density at radius 3 is 2.80 bits per heavy atom. The Bertz CT molecular complexity index is 610. The molecule has 0 saturated carbocycles. The second-order valence-corrected chi connectivity index (χ2v) is 6.99. The molecule has 1 aliphatic rings. The number of carboxylic acid groups (broad SMARTS) is 1. The molecule has 0 spiro atoms. The number of hydrogen-bond donors (Lipinski definition) is 2. The van der Waals surface area contributed by atoms with Gasteiger partial charge in [-0.2, -0.15) is 17.0 Å². The van der Waals surface area contributed by atoms with Gasteiger partial charge < -0.3 is 10.1 Å². The molecule has 112 valence electrons. The number of fused-ring (bicyclic) bond motifs is 1. The number of aromatic amines is 1. The summed E-state index contributed by atoms with van der Waals surface area (Å²) in [6, 6.07) is -1.38. The van der Waals surface area contributed by atoms with Crippen LogP contribution in [0.2, 0.25) is 0 Å². The summed E-state index contributed by atoms with van der Waals surface area (Å²) in [6.45, 7) is 3.46. The van der Waals surface area contributed by atoms with Crippen LogP contribution in [0.3, 0.4) is 0 Å². The summed E-state index contributed by atoms with van der Waals surface area (Å²) in [5, 5.41) is 9.29. The van der Waals surface area contributed by atoms with Crippen molar-refractivity contribution in [2.45, 2.75) is 38.9 Å². The average molecular weight is 302 g/mol. The molecule has 2 N–H and O–H groups in total. The molecule has 1 aromatic heterocycles. The molecule has 9 heteroatoms. The Morgan fingerprint density at radius 2 is 2.25 bits per heavy atom. The van der Waals surface area contributed by atoms with E-state index < -0.39 is 22.2 Å². The fraction of sp³-hybridized carbons (Fsp3) is 0.636. The molecule has 0 bridgehead atoms. The van der Waals surface area contributed by atoms with E-state index in [0.29, 0.717) is 11.4 Å². The summed E-state index contributed by atoms with van der Waals surface area (Å²) in [5.41, 5.74) is 1.25. The number of imidazole rings is 1. The van der Waals surface area contributed by atoms with Crippen molar-refractivity contribution in [1.29, 1.82) is 0 Å². The quantitative estimate of drug-likeness (QED) is 0.801. The van der Waals surface area contributed by atoms with Crippen LogP contribution in [-0.2, 0) is 28.0 Å². The summed E-state index contributed by atoms with van der Waals surface area (Å²) >= 11 is 0. The molecule has 0 saturated heterocycles. The zero-order valence-electron chi connectivity index (χ0n) is 11.6. The normalized spacial score (nSPS) is 20.4. The molecule has 1 unspecified atom stereocenters. The molecular weight excluding hydrogens is 284 g/mol. The van der Waals surface area contributed by atoms with E-state index in [4.69, 9.17) is 0 Å². The first-order chi connectivity index (χ1) is 9.25. The minimum atomic E-state index is -3.84. The summed E-state index contributed by atoms with van der Waals surface area (Å²) in [5.74, 6) is -1.17. The van der Waals surface area contributed by atoms with Crippen LogP contribution in [-0.4, -0.2) is 57.2 Å². The lowest BCUT2D eigenvalue weighted by molar-refractivity contribution is -0.142. The van der Waals surface area contributed by atoms with Crippen LogP contribution in [0.4, 0.5) is 0 Å².